The van der Waals surface area contributed by atoms with E-state index in [0.717, 1.165) is 0 Å². The average molecular weight is 210 g/mol. The first-order valence-corrected chi connectivity index (χ1v) is 2.83. The molecule has 61 valence electrons. The molecule has 0 aromatic carbocycles. The Bertz CT molecular complexity index is 121. The van der Waals surface area contributed by atoms with Gasteiger partial charge in [0, 0.05) is 0 Å². The van der Waals surface area contributed by atoms with Crippen LogP contribution in [0.5, 0.6) is 0 Å². The molecular weight excluding hydrogens is 210 g/mol. The molecule has 0 amide bonds. The van der Waals surface area contributed by atoms with Crippen molar-refractivity contribution in [3.05, 3.63) is 0 Å². The topological polar surface area (TPSA) is 92.3 Å². The first-order chi connectivity index (χ1) is 5.24. The van der Waals surface area contributed by atoms with E-state index in [9.17, 15) is 10.0 Å². The van der Waals surface area contributed by atoms with Crippen molar-refractivity contribution in [1.29, 1.82) is 0 Å². The molecule has 2 rings (SSSR count). The van der Waals surface area contributed by atoms with Crippen molar-refractivity contribution in [2.75, 3.05) is 0 Å². The van der Waals surface area contributed by atoms with Gasteiger partial charge in [0.25, 0.3) is 0 Å². The molecule has 0 spiro atoms. The fourth-order valence-electron chi connectivity index (χ4n) is 0.710. The van der Waals surface area contributed by atoms with Gasteiger partial charge < -0.3 is 32.9 Å². The summed E-state index contributed by atoms with van der Waals surface area (Å²) in [7, 11) is -6.00. The van der Waals surface area contributed by atoms with Gasteiger partial charge in [0.1, 0.15) is 0 Å². The maximum Gasteiger partial charge on any atom is 2.00 e. The molecule has 2 heterocycles. The molecule has 0 aliphatic carbocycles. The van der Waals surface area contributed by atoms with E-state index in [2.05, 4.69) is 22.9 Å². The molecule has 0 N–H and O–H groups in total. The minimum Gasteiger partial charge on any atom is -0.833 e. The second-order valence-electron chi connectivity index (χ2n) is 1.84. The summed E-state index contributed by atoms with van der Waals surface area (Å²) in [4.78, 5) is 0. The molecule has 12 heteroatoms. The summed E-state index contributed by atoms with van der Waals surface area (Å²) in [6.07, 6.45) is 0. The van der Waals surface area contributed by atoms with Crippen molar-refractivity contribution >= 4 is 29.3 Å². The van der Waals surface area contributed by atoms with Gasteiger partial charge in [-0.2, -0.15) is 0 Å². The van der Waals surface area contributed by atoms with Gasteiger partial charge in [-0.15, -0.1) is 0 Å². The number of hydrogen-bond acceptors (Lipinski definition) is 7. The van der Waals surface area contributed by atoms with Crippen LogP contribution in [0.1, 0.15) is 0 Å². The van der Waals surface area contributed by atoms with Gasteiger partial charge in [0.15, 0.2) is 0 Å². The number of rotatable bonds is 0. The van der Waals surface area contributed by atoms with Gasteiger partial charge in [-0.25, -0.2) is 0 Å². The maximum atomic E-state index is 10.5. The summed E-state index contributed by atoms with van der Waals surface area (Å²) in [6, 6.07) is 0. The SMILES string of the molecule is [Mn+2].[O-]B1OB2OB([O-])OB(O1)O2. The Balaban J connectivity index is 0.000000720. The Kier molecular flexibility index (Phi) is 3.65. The smallest absolute Gasteiger partial charge is 0.833 e. The molecule has 2 bridgehead atoms. The van der Waals surface area contributed by atoms with Crippen molar-refractivity contribution in [1.82, 2.24) is 0 Å². The van der Waals surface area contributed by atoms with Gasteiger partial charge in [0.2, 0.25) is 0 Å². The van der Waals surface area contributed by atoms with Gasteiger partial charge in [-0.1, -0.05) is 0 Å². The first-order valence-electron chi connectivity index (χ1n) is 2.83. The van der Waals surface area contributed by atoms with Gasteiger partial charge in [-0.3, -0.25) is 0 Å². The summed E-state index contributed by atoms with van der Waals surface area (Å²) in [5, 5.41) is 21.0. The van der Waals surface area contributed by atoms with Crippen LogP contribution in [0.25, 0.3) is 0 Å². The molecule has 1 radical (unpaired) electrons. The Hall–Kier alpha value is 0.499. The van der Waals surface area contributed by atoms with Crippen LogP contribution in [0.15, 0.2) is 0 Å². The van der Waals surface area contributed by atoms with E-state index in [1.165, 1.54) is 0 Å². The zero-order valence-corrected chi connectivity index (χ0v) is 6.73. The Morgan fingerprint density at radius 1 is 0.667 bits per heavy atom. The van der Waals surface area contributed by atoms with Crippen molar-refractivity contribution < 1.29 is 50.0 Å². The zero-order valence-electron chi connectivity index (χ0n) is 5.55. The predicted molar refractivity (Wildman–Crippen MR) is 28.4 cm³/mol. The third kappa shape index (κ3) is 2.25. The van der Waals surface area contributed by atoms with Crippen LogP contribution in [-0.4, -0.2) is 29.3 Å². The fraction of sp³-hybridized carbons (Fsp3) is 0. The zero-order chi connectivity index (χ0) is 7.84. The summed E-state index contributed by atoms with van der Waals surface area (Å²) in [5.74, 6) is 0. The van der Waals surface area contributed by atoms with Crippen LogP contribution in [0.2, 0.25) is 0 Å². The predicted octanol–water partition coefficient (Wildman–Crippen LogP) is -4.25. The second kappa shape index (κ2) is 4.14. The molecule has 0 atom stereocenters. The third-order valence-electron chi connectivity index (χ3n) is 1.11. The monoisotopic (exact) mass is 211 g/mol. The molecule has 0 saturated carbocycles. The van der Waals surface area contributed by atoms with Crippen LogP contribution >= 0.6 is 0 Å². The van der Waals surface area contributed by atoms with Crippen LogP contribution in [0, 0.1) is 0 Å². The molecule has 2 aliphatic rings. The molecule has 12 heavy (non-hydrogen) atoms. The minimum atomic E-state index is -1.73. The summed E-state index contributed by atoms with van der Waals surface area (Å²) in [6.45, 7) is 0. The Labute approximate surface area is 79.8 Å². The number of hydrogen-bond donors (Lipinski definition) is 0. The second-order valence-corrected chi connectivity index (χ2v) is 1.84. The Morgan fingerprint density at radius 2 is 1.00 bits per heavy atom. The summed E-state index contributed by atoms with van der Waals surface area (Å²) in [5.41, 5.74) is 0. The van der Waals surface area contributed by atoms with E-state index >= 15 is 0 Å². The van der Waals surface area contributed by atoms with Gasteiger partial charge in [0.05, 0.1) is 0 Å². The van der Waals surface area contributed by atoms with Crippen molar-refractivity contribution in [3.8, 4) is 0 Å². The van der Waals surface area contributed by atoms with Crippen LogP contribution in [0.3, 0.4) is 0 Å². The molecular formula is B4MnO7. The molecule has 0 aromatic rings. The normalized spacial score (nSPS) is 22.5. The molecule has 2 saturated heterocycles. The maximum absolute atomic E-state index is 10.5. The minimum absolute atomic E-state index is 0. The van der Waals surface area contributed by atoms with E-state index in [-0.39, 0.29) is 17.1 Å². The van der Waals surface area contributed by atoms with Crippen LogP contribution < -0.4 is 10.0 Å². The Morgan fingerprint density at radius 3 is 1.33 bits per heavy atom. The van der Waals surface area contributed by atoms with E-state index in [1.807, 2.05) is 0 Å². The third-order valence-corrected chi connectivity index (χ3v) is 1.11. The van der Waals surface area contributed by atoms with E-state index in [1.54, 1.807) is 0 Å². The van der Waals surface area contributed by atoms with Crippen LogP contribution in [0.4, 0.5) is 0 Å². The van der Waals surface area contributed by atoms with E-state index in [0.29, 0.717) is 0 Å². The van der Waals surface area contributed by atoms with Crippen LogP contribution in [-0.2, 0) is 39.9 Å². The summed E-state index contributed by atoms with van der Waals surface area (Å²) < 4.78 is 21.9. The molecule has 7 nitrogen and oxygen atoms in total. The number of fused-ring (bicyclic) bond motifs is 2. The van der Waals surface area contributed by atoms with Crippen molar-refractivity contribution in [2.24, 2.45) is 0 Å². The van der Waals surface area contributed by atoms with E-state index in [4.69, 9.17) is 0 Å². The fourth-order valence-corrected chi connectivity index (χ4v) is 0.710. The average Bonchev–Trinajstić information content (AvgIpc) is 1.82. The first kappa shape index (κ1) is 10.6. The molecule has 2 aliphatic heterocycles. The molecule has 0 aromatic heterocycles. The molecule has 0 unspecified atom stereocenters. The van der Waals surface area contributed by atoms with Gasteiger partial charge in [-0.05, 0) is 0 Å². The largest absolute Gasteiger partial charge is 2.00 e. The quantitative estimate of drug-likeness (QED) is 0.374. The van der Waals surface area contributed by atoms with E-state index < -0.39 is 29.3 Å². The molecule has 2 fully saturated rings. The summed E-state index contributed by atoms with van der Waals surface area (Å²) >= 11 is 0. The van der Waals surface area contributed by atoms with Gasteiger partial charge >= 0.3 is 46.4 Å². The standard InChI is InChI=1S/B4O7.Mn/c5-1-7-3-9-2(6)10-4(8-1)11-3;/q-2;+2. The van der Waals surface area contributed by atoms with Crippen molar-refractivity contribution in [3.63, 3.8) is 0 Å². The van der Waals surface area contributed by atoms with Crippen molar-refractivity contribution in [2.45, 2.75) is 0 Å².